The lowest BCUT2D eigenvalue weighted by Crippen LogP contribution is -2.31. The summed E-state index contributed by atoms with van der Waals surface area (Å²) in [6.45, 7) is -0.120. The molecule has 1 saturated heterocycles. The lowest BCUT2D eigenvalue weighted by molar-refractivity contribution is -0.00588. The van der Waals surface area contributed by atoms with Crippen LogP contribution < -0.4 is 0 Å². The van der Waals surface area contributed by atoms with E-state index in [0.29, 0.717) is 0 Å². The molecule has 3 N–H and O–H groups in total. The van der Waals surface area contributed by atoms with Gasteiger partial charge in [-0.2, -0.15) is 0 Å². The van der Waals surface area contributed by atoms with E-state index in [-0.39, 0.29) is 13.2 Å². The molecule has 0 aromatic heterocycles. The van der Waals surface area contributed by atoms with Crippen molar-refractivity contribution in [2.75, 3.05) is 27.3 Å². The van der Waals surface area contributed by atoms with Crippen LogP contribution in [0.15, 0.2) is 60.7 Å². The van der Waals surface area contributed by atoms with Gasteiger partial charge in [0.15, 0.2) is 0 Å². The molecule has 2 aromatic rings. The van der Waals surface area contributed by atoms with Crippen molar-refractivity contribution in [3.63, 3.8) is 0 Å². The molecule has 5 heteroatoms. The van der Waals surface area contributed by atoms with E-state index in [9.17, 15) is 0 Å². The SMILES string of the molecule is CN(C)C(=Cc1ccccc1)c1ccccc1.OC[C@H]1OC[C@H](O)[C@@H]1O. The van der Waals surface area contributed by atoms with Crippen LogP contribution in [0.4, 0.5) is 0 Å². The Bertz CT molecular complexity index is 673. The first-order chi connectivity index (χ1) is 12.5. The maximum absolute atomic E-state index is 8.92. The van der Waals surface area contributed by atoms with Gasteiger partial charge in [0, 0.05) is 19.8 Å². The maximum atomic E-state index is 8.92. The van der Waals surface area contributed by atoms with E-state index >= 15 is 0 Å². The number of aliphatic hydroxyl groups excluding tert-OH is 3. The first kappa shape index (κ1) is 20.1. The fourth-order valence-corrected chi connectivity index (χ4v) is 2.61. The van der Waals surface area contributed by atoms with E-state index in [1.807, 2.05) is 12.1 Å². The van der Waals surface area contributed by atoms with Gasteiger partial charge in [-0.1, -0.05) is 60.7 Å². The van der Waals surface area contributed by atoms with Gasteiger partial charge in [0.05, 0.1) is 13.2 Å². The number of benzene rings is 2. The van der Waals surface area contributed by atoms with E-state index in [0.717, 1.165) is 0 Å². The largest absolute Gasteiger partial charge is 0.394 e. The molecule has 0 bridgehead atoms. The summed E-state index contributed by atoms with van der Waals surface area (Å²) in [5, 5.41) is 26.2. The van der Waals surface area contributed by atoms with Gasteiger partial charge in [-0.25, -0.2) is 0 Å². The van der Waals surface area contributed by atoms with E-state index in [1.54, 1.807) is 0 Å². The van der Waals surface area contributed by atoms with Crippen LogP contribution >= 0.6 is 0 Å². The summed E-state index contributed by atoms with van der Waals surface area (Å²) in [5.74, 6) is 0. The zero-order chi connectivity index (χ0) is 18.9. The molecule has 2 aromatic carbocycles. The summed E-state index contributed by atoms with van der Waals surface area (Å²) >= 11 is 0. The Morgan fingerprint density at radius 1 is 1.04 bits per heavy atom. The summed E-state index contributed by atoms with van der Waals surface area (Å²) in [4.78, 5) is 2.14. The smallest absolute Gasteiger partial charge is 0.110 e. The first-order valence-corrected chi connectivity index (χ1v) is 8.61. The summed E-state index contributed by atoms with van der Waals surface area (Å²) in [6, 6.07) is 20.8. The fourth-order valence-electron chi connectivity index (χ4n) is 2.61. The quantitative estimate of drug-likeness (QED) is 0.729. The normalized spacial score (nSPS) is 22.5. The number of hydrogen-bond acceptors (Lipinski definition) is 5. The van der Waals surface area contributed by atoms with Gasteiger partial charge < -0.3 is 25.0 Å². The molecule has 0 unspecified atom stereocenters. The summed E-state index contributed by atoms with van der Waals surface area (Å²) < 4.78 is 4.78. The third-order valence-electron chi connectivity index (χ3n) is 4.09. The molecule has 5 nitrogen and oxygen atoms in total. The summed E-state index contributed by atoms with van der Waals surface area (Å²) in [5.41, 5.74) is 3.68. The molecule has 0 aliphatic carbocycles. The number of ether oxygens (including phenoxy) is 1. The van der Waals surface area contributed by atoms with Crippen molar-refractivity contribution in [1.29, 1.82) is 0 Å². The van der Waals surface area contributed by atoms with Crippen molar-refractivity contribution in [2.45, 2.75) is 18.3 Å². The van der Waals surface area contributed by atoms with E-state index in [1.165, 1.54) is 16.8 Å². The highest BCUT2D eigenvalue weighted by Crippen LogP contribution is 2.19. The van der Waals surface area contributed by atoms with Gasteiger partial charge in [-0.05, 0) is 17.2 Å². The van der Waals surface area contributed by atoms with Crippen LogP contribution in [0.1, 0.15) is 11.1 Å². The molecule has 1 fully saturated rings. The maximum Gasteiger partial charge on any atom is 0.110 e. The van der Waals surface area contributed by atoms with Crippen molar-refractivity contribution in [3.8, 4) is 0 Å². The molecule has 0 radical (unpaired) electrons. The molecule has 1 aliphatic rings. The van der Waals surface area contributed by atoms with Crippen molar-refractivity contribution in [3.05, 3.63) is 71.8 Å². The van der Waals surface area contributed by atoms with Crippen LogP contribution in [0.3, 0.4) is 0 Å². The molecule has 26 heavy (non-hydrogen) atoms. The first-order valence-electron chi connectivity index (χ1n) is 8.61. The average molecular weight is 357 g/mol. The highest BCUT2D eigenvalue weighted by molar-refractivity contribution is 5.80. The van der Waals surface area contributed by atoms with Crippen LogP contribution in [0, 0.1) is 0 Å². The third-order valence-corrected chi connectivity index (χ3v) is 4.09. The van der Waals surface area contributed by atoms with E-state index in [4.69, 9.17) is 20.1 Å². The third kappa shape index (κ3) is 5.68. The predicted molar refractivity (Wildman–Crippen MR) is 103 cm³/mol. The van der Waals surface area contributed by atoms with E-state index < -0.39 is 18.3 Å². The Labute approximate surface area is 154 Å². The minimum Gasteiger partial charge on any atom is -0.394 e. The monoisotopic (exact) mass is 357 g/mol. The van der Waals surface area contributed by atoms with Crippen molar-refractivity contribution >= 4 is 11.8 Å². The van der Waals surface area contributed by atoms with E-state index in [2.05, 4.69) is 73.6 Å². The fraction of sp³-hybridized carbons (Fsp3) is 0.333. The molecule has 0 saturated carbocycles. The second-order valence-electron chi connectivity index (χ2n) is 6.31. The van der Waals surface area contributed by atoms with Crippen molar-refractivity contribution < 1.29 is 20.1 Å². The second-order valence-corrected chi connectivity index (χ2v) is 6.31. The molecule has 1 aliphatic heterocycles. The highest BCUT2D eigenvalue weighted by atomic mass is 16.5. The molecule has 3 rings (SSSR count). The molecule has 3 atom stereocenters. The van der Waals surface area contributed by atoms with Crippen LogP contribution in [0.5, 0.6) is 0 Å². The number of rotatable bonds is 4. The van der Waals surface area contributed by atoms with Crippen LogP contribution in [-0.4, -0.2) is 65.8 Å². The minimum atomic E-state index is -0.921. The van der Waals surface area contributed by atoms with Gasteiger partial charge in [0.25, 0.3) is 0 Å². The molecule has 1 heterocycles. The Morgan fingerprint density at radius 2 is 1.62 bits per heavy atom. The highest BCUT2D eigenvalue weighted by Gasteiger charge is 2.33. The van der Waals surface area contributed by atoms with Gasteiger partial charge >= 0.3 is 0 Å². The van der Waals surface area contributed by atoms with Crippen molar-refractivity contribution in [1.82, 2.24) is 4.90 Å². The molecular weight excluding hydrogens is 330 g/mol. The second kappa shape index (κ2) is 10.1. The van der Waals surface area contributed by atoms with Gasteiger partial charge in [0.2, 0.25) is 0 Å². The number of nitrogens with zero attached hydrogens (tertiary/aromatic N) is 1. The van der Waals surface area contributed by atoms with Gasteiger partial charge in [-0.3, -0.25) is 0 Å². The topological polar surface area (TPSA) is 73.2 Å². The summed E-state index contributed by atoms with van der Waals surface area (Å²) in [6.07, 6.45) is -0.146. The zero-order valence-corrected chi connectivity index (χ0v) is 15.2. The van der Waals surface area contributed by atoms with Gasteiger partial charge in [0.1, 0.15) is 18.3 Å². The molecule has 140 valence electrons. The molecule has 0 spiro atoms. The molecule has 0 amide bonds. The number of hydrogen-bond donors (Lipinski definition) is 3. The Hall–Kier alpha value is -2.18. The zero-order valence-electron chi connectivity index (χ0n) is 15.2. The summed E-state index contributed by atoms with van der Waals surface area (Å²) in [7, 11) is 4.14. The Balaban J connectivity index is 0.000000228. The minimum absolute atomic E-state index is 0.117. The Morgan fingerprint density at radius 3 is 2.04 bits per heavy atom. The van der Waals surface area contributed by atoms with Gasteiger partial charge in [-0.15, -0.1) is 0 Å². The van der Waals surface area contributed by atoms with Crippen LogP contribution in [0.25, 0.3) is 11.8 Å². The van der Waals surface area contributed by atoms with Crippen LogP contribution in [0.2, 0.25) is 0 Å². The average Bonchev–Trinajstić information content (AvgIpc) is 3.00. The standard InChI is InChI=1S/C16H17N.C5H10O4/c1-17(2)16(15-11-7-4-8-12-15)13-14-9-5-3-6-10-14;6-1-4-5(8)3(7)2-9-4/h3-13H,1-2H3;3-8H,1-2H2/t;3-,4+,5-/m.0/s1. The lowest BCUT2D eigenvalue weighted by Gasteiger charge is -2.17. The predicted octanol–water partition coefficient (Wildman–Crippen LogP) is 1.85. The molecular formula is C21H27NO4. The number of aliphatic hydroxyl groups is 3. The van der Waals surface area contributed by atoms with Crippen LogP contribution in [-0.2, 0) is 4.74 Å². The Kier molecular flexibility index (Phi) is 7.81. The lowest BCUT2D eigenvalue weighted by atomic mass is 10.1. The van der Waals surface area contributed by atoms with Crippen molar-refractivity contribution in [2.24, 2.45) is 0 Å².